The number of benzene rings is 1. The Kier molecular flexibility index (Phi) is 3.96. The molecule has 4 rings (SSSR count). The summed E-state index contributed by atoms with van der Waals surface area (Å²) in [5, 5.41) is 0. The predicted molar refractivity (Wildman–Crippen MR) is 92.1 cm³/mol. The minimum absolute atomic E-state index is 0.0512. The van der Waals surface area contributed by atoms with Crippen molar-refractivity contribution >= 4 is 28.7 Å². The van der Waals surface area contributed by atoms with Gasteiger partial charge in [-0.3, -0.25) is 4.79 Å². The van der Waals surface area contributed by atoms with Crippen molar-refractivity contribution in [1.29, 1.82) is 0 Å². The summed E-state index contributed by atoms with van der Waals surface area (Å²) in [5.41, 5.74) is 1.68. The van der Waals surface area contributed by atoms with Crippen LogP contribution in [0, 0.1) is 6.92 Å². The second-order valence-electron chi connectivity index (χ2n) is 5.97. The normalized spacial score (nSPS) is 17.2. The molecule has 0 saturated carbocycles. The molecule has 2 aromatic heterocycles. The first-order valence-corrected chi connectivity index (χ1v) is 8.61. The molecule has 1 unspecified atom stereocenters. The smallest absolute Gasteiger partial charge is 0.339 e. The van der Waals surface area contributed by atoms with E-state index in [1.807, 2.05) is 6.07 Å². The molecule has 0 aliphatic carbocycles. The molecule has 1 fully saturated rings. The molecule has 0 spiro atoms. The van der Waals surface area contributed by atoms with Crippen molar-refractivity contribution in [1.82, 2.24) is 13.6 Å². The highest BCUT2D eigenvalue weighted by atomic mass is 32.1. The van der Waals surface area contributed by atoms with E-state index in [1.165, 1.54) is 6.07 Å². The fraction of sp³-hybridized carbons (Fsp3) is 0.294. The number of likely N-dealkylation sites (tertiary alicyclic amines) is 1. The molecule has 3 heterocycles. The van der Waals surface area contributed by atoms with Gasteiger partial charge in [0.15, 0.2) is 0 Å². The molecule has 1 aromatic carbocycles. The van der Waals surface area contributed by atoms with Crippen LogP contribution < -0.4 is 10.4 Å². The largest absolute Gasteiger partial charge is 0.488 e. The summed E-state index contributed by atoms with van der Waals surface area (Å²) in [6, 6.07) is 8.34. The van der Waals surface area contributed by atoms with Gasteiger partial charge >= 0.3 is 5.63 Å². The van der Waals surface area contributed by atoms with E-state index in [0.29, 0.717) is 36.6 Å². The highest BCUT2D eigenvalue weighted by Gasteiger charge is 2.28. The maximum Gasteiger partial charge on any atom is 0.339 e. The van der Waals surface area contributed by atoms with Crippen LogP contribution in [0.1, 0.15) is 22.5 Å². The topological polar surface area (TPSA) is 85.5 Å². The number of hydrogen-bond acceptors (Lipinski definition) is 7. The standard InChI is InChI=1S/C17H15N3O4S/c1-10-6-13(8-16(21)23-10)24-12-4-5-20(9-12)17(22)11-2-3-14-15(7-11)19-25-18-14/h2-3,6-8,12H,4-5,9H2,1H3. The van der Waals surface area contributed by atoms with Crippen LogP contribution in [0.5, 0.6) is 5.75 Å². The highest BCUT2D eigenvalue weighted by molar-refractivity contribution is 7.00. The summed E-state index contributed by atoms with van der Waals surface area (Å²) in [7, 11) is 0. The molecule has 1 aliphatic heterocycles. The first-order chi connectivity index (χ1) is 12.1. The number of ether oxygens (including phenoxy) is 1. The Labute approximate surface area is 147 Å². The van der Waals surface area contributed by atoms with Crippen LogP contribution in [0.2, 0.25) is 0 Å². The molecule has 128 valence electrons. The number of aryl methyl sites for hydroxylation is 1. The van der Waals surface area contributed by atoms with Gasteiger partial charge in [-0.1, -0.05) is 0 Å². The Morgan fingerprint density at radius 1 is 1.28 bits per heavy atom. The molecule has 1 atom stereocenters. The molecule has 7 nitrogen and oxygen atoms in total. The van der Waals surface area contributed by atoms with E-state index < -0.39 is 5.63 Å². The fourth-order valence-corrected chi connectivity index (χ4v) is 3.46. The summed E-state index contributed by atoms with van der Waals surface area (Å²) in [6.07, 6.45) is 0.570. The zero-order valence-electron chi connectivity index (χ0n) is 13.5. The average molecular weight is 357 g/mol. The van der Waals surface area contributed by atoms with Crippen molar-refractivity contribution in [2.45, 2.75) is 19.4 Å². The number of aromatic nitrogens is 2. The average Bonchev–Trinajstić information content (AvgIpc) is 3.21. The van der Waals surface area contributed by atoms with Crippen LogP contribution in [-0.4, -0.2) is 38.7 Å². The monoisotopic (exact) mass is 357 g/mol. The van der Waals surface area contributed by atoms with Gasteiger partial charge in [0.1, 0.15) is 28.6 Å². The van der Waals surface area contributed by atoms with Crippen LogP contribution in [0.25, 0.3) is 11.0 Å². The first kappa shape index (κ1) is 15.8. The van der Waals surface area contributed by atoms with Gasteiger partial charge in [0, 0.05) is 24.6 Å². The van der Waals surface area contributed by atoms with Crippen molar-refractivity contribution < 1.29 is 13.9 Å². The van der Waals surface area contributed by atoms with Gasteiger partial charge in [0.05, 0.1) is 24.3 Å². The van der Waals surface area contributed by atoms with Gasteiger partial charge in [-0.25, -0.2) is 4.79 Å². The molecule has 1 aliphatic rings. The molecule has 8 heteroatoms. The predicted octanol–water partition coefficient (Wildman–Crippen LogP) is 2.25. The summed E-state index contributed by atoms with van der Waals surface area (Å²) < 4.78 is 19.1. The number of hydrogen-bond donors (Lipinski definition) is 0. The van der Waals surface area contributed by atoms with Crippen molar-refractivity contribution in [2.24, 2.45) is 0 Å². The summed E-state index contributed by atoms with van der Waals surface area (Å²) >= 11 is 1.13. The van der Waals surface area contributed by atoms with Gasteiger partial charge in [0.2, 0.25) is 0 Å². The van der Waals surface area contributed by atoms with E-state index in [9.17, 15) is 9.59 Å². The van der Waals surface area contributed by atoms with E-state index in [-0.39, 0.29) is 12.0 Å². The number of carbonyl (C=O) groups is 1. The molecule has 0 bridgehead atoms. The number of carbonyl (C=O) groups excluding carboxylic acids is 1. The molecule has 1 saturated heterocycles. The number of rotatable bonds is 3. The zero-order chi connectivity index (χ0) is 17.4. The van der Waals surface area contributed by atoms with Crippen LogP contribution in [-0.2, 0) is 0 Å². The van der Waals surface area contributed by atoms with E-state index >= 15 is 0 Å². The van der Waals surface area contributed by atoms with E-state index in [1.54, 1.807) is 30.0 Å². The van der Waals surface area contributed by atoms with Crippen LogP contribution in [0.4, 0.5) is 0 Å². The Hall–Kier alpha value is -2.74. The molecule has 1 amide bonds. The minimum Gasteiger partial charge on any atom is -0.488 e. The van der Waals surface area contributed by atoms with Crippen molar-refractivity contribution in [3.05, 3.63) is 52.1 Å². The molecule has 0 N–H and O–H groups in total. The van der Waals surface area contributed by atoms with Crippen molar-refractivity contribution in [3.63, 3.8) is 0 Å². The second kappa shape index (κ2) is 6.29. The zero-order valence-corrected chi connectivity index (χ0v) is 14.3. The van der Waals surface area contributed by atoms with E-state index in [4.69, 9.17) is 9.15 Å². The second-order valence-corrected chi connectivity index (χ2v) is 6.50. The Bertz CT molecular complexity index is 997. The van der Waals surface area contributed by atoms with Gasteiger partial charge in [-0.15, -0.1) is 0 Å². The highest BCUT2D eigenvalue weighted by Crippen LogP contribution is 2.21. The number of nitrogens with zero attached hydrogens (tertiary/aromatic N) is 3. The Morgan fingerprint density at radius 2 is 2.12 bits per heavy atom. The third-order valence-corrected chi connectivity index (χ3v) is 4.66. The summed E-state index contributed by atoms with van der Waals surface area (Å²) in [6.45, 7) is 2.78. The van der Waals surface area contributed by atoms with Gasteiger partial charge in [0.25, 0.3) is 5.91 Å². The number of amides is 1. The summed E-state index contributed by atoms with van der Waals surface area (Å²) in [4.78, 5) is 25.8. The van der Waals surface area contributed by atoms with E-state index in [2.05, 4.69) is 8.75 Å². The fourth-order valence-electron chi connectivity index (χ4n) is 2.94. The molecular formula is C17H15N3O4S. The molecule has 3 aromatic rings. The lowest BCUT2D eigenvalue weighted by Crippen LogP contribution is -2.31. The van der Waals surface area contributed by atoms with Crippen molar-refractivity contribution in [3.8, 4) is 5.75 Å². The lowest BCUT2D eigenvalue weighted by molar-refractivity contribution is 0.0772. The maximum absolute atomic E-state index is 12.7. The molecular weight excluding hydrogens is 342 g/mol. The Morgan fingerprint density at radius 3 is 2.96 bits per heavy atom. The van der Waals surface area contributed by atoms with Crippen LogP contribution in [0.3, 0.4) is 0 Å². The lowest BCUT2D eigenvalue weighted by Gasteiger charge is -2.17. The van der Waals surface area contributed by atoms with Gasteiger partial charge < -0.3 is 14.1 Å². The van der Waals surface area contributed by atoms with Crippen LogP contribution in [0.15, 0.2) is 39.5 Å². The van der Waals surface area contributed by atoms with Gasteiger partial charge in [-0.05, 0) is 25.1 Å². The SMILES string of the molecule is Cc1cc(OC2CCN(C(=O)c3ccc4nsnc4c3)C2)cc(=O)o1. The third kappa shape index (κ3) is 3.25. The molecule has 0 radical (unpaired) electrons. The quantitative estimate of drug-likeness (QED) is 0.715. The van der Waals surface area contributed by atoms with Crippen molar-refractivity contribution in [2.75, 3.05) is 13.1 Å². The third-order valence-electron chi connectivity index (χ3n) is 4.10. The first-order valence-electron chi connectivity index (χ1n) is 7.88. The maximum atomic E-state index is 12.7. The van der Waals surface area contributed by atoms with Crippen LogP contribution >= 0.6 is 11.7 Å². The Balaban J connectivity index is 1.46. The molecule has 25 heavy (non-hydrogen) atoms. The number of fused-ring (bicyclic) bond motifs is 1. The van der Waals surface area contributed by atoms with E-state index in [0.717, 1.165) is 22.8 Å². The minimum atomic E-state index is -0.439. The summed E-state index contributed by atoms with van der Waals surface area (Å²) in [5.74, 6) is 0.923. The lowest BCUT2D eigenvalue weighted by atomic mass is 10.2. The van der Waals surface area contributed by atoms with Gasteiger partial charge in [-0.2, -0.15) is 8.75 Å².